The molecule has 0 aliphatic heterocycles. The fraction of sp³-hybridized carbons (Fsp3) is 0.364. The van der Waals surface area contributed by atoms with Gasteiger partial charge in [-0.1, -0.05) is 37.3 Å². The van der Waals surface area contributed by atoms with Crippen LogP contribution in [-0.4, -0.2) is 26.2 Å². The number of rotatable bonds is 9. The lowest BCUT2D eigenvalue weighted by Crippen LogP contribution is -2.25. The predicted octanol–water partition coefficient (Wildman–Crippen LogP) is 4.24. The Kier molecular flexibility index (Phi) is 6.56. The van der Waals surface area contributed by atoms with E-state index < -0.39 is 0 Å². The van der Waals surface area contributed by atoms with E-state index in [2.05, 4.69) is 76.0 Å². The molecule has 1 aromatic carbocycles. The van der Waals surface area contributed by atoms with Crippen LogP contribution in [0.2, 0.25) is 0 Å². The topological polar surface area (TPSA) is 34.0 Å². The van der Waals surface area contributed by atoms with Crippen molar-refractivity contribution in [3.8, 4) is 0 Å². The summed E-state index contributed by atoms with van der Waals surface area (Å²) in [5.41, 5.74) is 5.28. The van der Waals surface area contributed by atoms with Gasteiger partial charge in [-0.05, 0) is 43.0 Å². The van der Waals surface area contributed by atoms with E-state index in [1.54, 1.807) is 0 Å². The molecule has 2 aromatic heterocycles. The fourth-order valence-electron chi connectivity index (χ4n) is 3.21. The minimum atomic E-state index is 0.921. The molecule has 0 saturated heterocycles. The molecule has 0 saturated carbocycles. The standard InChI is InChI=1S/C22H28N4/c1-3-14-26-19(2)22(16-24-26)18-25(17-21-9-12-23-13-10-21)15-11-20-7-5-4-6-8-20/h4-10,12-13,16H,3,11,14-15,17-18H2,1-2H3. The van der Waals surface area contributed by atoms with Crippen LogP contribution >= 0.6 is 0 Å². The Labute approximate surface area is 156 Å². The van der Waals surface area contributed by atoms with Gasteiger partial charge in [0.25, 0.3) is 0 Å². The molecule has 0 unspecified atom stereocenters. The van der Waals surface area contributed by atoms with Gasteiger partial charge in [0.15, 0.2) is 0 Å². The molecule has 4 nitrogen and oxygen atoms in total. The van der Waals surface area contributed by atoms with Crippen LogP contribution in [0.3, 0.4) is 0 Å². The summed E-state index contributed by atoms with van der Waals surface area (Å²) < 4.78 is 2.12. The number of benzene rings is 1. The Morgan fingerprint density at radius 3 is 2.46 bits per heavy atom. The van der Waals surface area contributed by atoms with E-state index in [9.17, 15) is 0 Å². The first-order valence-corrected chi connectivity index (χ1v) is 9.42. The van der Waals surface area contributed by atoms with Crippen molar-refractivity contribution in [2.45, 2.75) is 46.3 Å². The van der Waals surface area contributed by atoms with E-state index in [1.165, 1.54) is 22.4 Å². The fourth-order valence-corrected chi connectivity index (χ4v) is 3.21. The molecule has 0 aliphatic rings. The molecule has 0 spiro atoms. The van der Waals surface area contributed by atoms with Crippen molar-refractivity contribution in [2.75, 3.05) is 6.54 Å². The number of aryl methyl sites for hydroxylation is 1. The van der Waals surface area contributed by atoms with Crippen LogP contribution in [0.15, 0.2) is 61.1 Å². The first-order chi connectivity index (χ1) is 12.8. The molecule has 0 N–H and O–H groups in total. The number of nitrogens with zero attached hydrogens (tertiary/aromatic N) is 4. The summed E-state index contributed by atoms with van der Waals surface area (Å²) >= 11 is 0. The van der Waals surface area contributed by atoms with Gasteiger partial charge in [0, 0.05) is 49.8 Å². The lowest BCUT2D eigenvalue weighted by molar-refractivity contribution is 0.259. The van der Waals surface area contributed by atoms with E-state index in [4.69, 9.17) is 0 Å². The van der Waals surface area contributed by atoms with Gasteiger partial charge in [-0.2, -0.15) is 5.10 Å². The van der Waals surface area contributed by atoms with Crippen LogP contribution in [-0.2, 0) is 26.1 Å². The zero-order valence-corrected chi connectivity index (χ0v) is 15.8. The lowest BCUT2D eigenvalue weighted by atomic mass is 10.1. The molecule has 26 heavy (non-hydrogen) atoms. The van der Waals surface area contributed by atoms with Crippen molar-refractivity contribution in [1.29, 1.82) is 0 Å². The van der Waals surface area contributed by atoms with Gasteiger partial charge in [0.05, 0.1) is 6.20 Å². The third-order valence-electron chi connectivity index (χ3n) is 4.75. The molecule has 2 heterocycles. The SMILES string of the molecule is CCCn1ncc(CN(CCc2ccccc2)Cc2ccncc2)c1C. The van der Waals surface area contributed by atoms with E-state index in [0.717, 1.165) is 39.0 Å². The van der Waals surface area contributed by atoms with E-state index >= 15 is 0 Å². The van der Waals surface area contributed by atoms with Crippen LogP contribution < -0.4 is 0 Å². The molecule has 0 atom stereocenters. The molecule has 0 aliphatic carbocycles. The summed E-state index contributed by atoms with van der Waals surface area (Å²) in [7, 11) is 0. The summed E-state index contributed by atoms with van der Waals surface area (Å²) in [6.07, 6.45) is 7.93. The maximum atomic E-state index is 4.56. The maximum absolute atomic E-state index is 4.56. The molecule has 0 amide bonds. The normalized spacial score (nSPS) is 11.2. The smallest absolute Gasteiger partial charge is 0.0537 e. The summed E-state index contributed by atoms with van der Waals surface area (Å²) in [5.74, 6) is 0. The Hall–Kier alpha value is -2.46. The van der Waals surface area contributed by atoms with Gasteiger partial charge in [-0.25, -0.2) is 0 Å². The van der Waals surface area contributed by atoms with Gasteiger partial charge < -0.3 is 0 Å². The summed E-state index contributed by atoms with van der Waals surface area (Å²) in [6, 6.07) is 14.9. The third kappa shape index (κ3) is 5.02. The highest BCUT2D eigenvalue weighted by Crippen LogP contribution is 2.15. The highest BCUT2D eigenvalue weighted by Gasteiger charge is 2.12. The number of hydrogen-bond acceptors (Lipinski definition) is 3. The monoisotopic (exact) mass is 348 g/mol. The van der Waals surface area contributed by atoms with Crippen molar-refractivity contribution in [1.82, 2.24) is 19.7 Å². The van der Waals surface area contributed by atoms with E-state index in [1.807, 2.05) is 18.6 Å². The molecule has 3 aromatic rings. The molecule has 3 rings (SSSR count). The van der Waals surface area contributed by atoms with Gasteiger partial charge >= 0.3 is 0 Å². The Bertz CT molecular complexity index is 780. The van der Waals surface area contributed by atoms with Crippen LogP contribution in [0.1, 0.15) is 35.7 Å². The second-order valence-corrected chi connectivity index (χ2v) is 6.78. The Morgan fingerprint density at radius 1 is 0.962 bits per heavy atom. The molecule has 136 valence electrons. The minimum Gasteiger partial charge on any atom is -0.294 e. The van der Waals surface area contributed by atoms with Crippen LogP contribution in [0.4, 0.5) is 0 Å². The third-order valence-corrected chi connectivity index (χ3v) is 4.75. The zero-order valence-electron chi connectivity index (χ0n) is 15.8. The Morgan fingerprint density at radius 2 is 1.73 bits per heavy atom. The van der Waals surface area contributed by atoms with Crippen LogP contribution in [0.5, 0.6) is 0 Å². The Balaban J connectivity index is 1.71. The average molecular weight is 348 g/mol. The molecular formula is C22H28N4. The molecule has 4 heteroatoms. The highest BCUT2D eigenvalue weighted by molar-refractivity contribution is 5.18. The van der Waals surface area contributed by atoms with Gasteiger partial charge in [-0.15, -0.1) is 0 Å². The van der Waals surface area contributed by atoms with Gasteiger partial charge in [-0.3, -0.25) is 14.6 Å². The van der Waals surface area contributed by atoms with E-state index in [0.29, 0.717) is 0 Å². The summed E-state index contributed by atoms with van der Waals surface area (Å²) in [5, 5.41) is 4.56. The first kappa shape index (κ1) is 18.3. The zero-order chi connectivity index (χ0) is 18.2. The minimum absolute atomic E-state index is 0.921. The molecule has 0 radical (unpaired) electrons. The lowest BCUT2D eigenvalue weighted by Gasteiger charge is -2.22. The van der Waals surface area contributed by atoms with Crippen molar-refractivity contribution >= 4 is 0 Å². The largest absolute Gasteiger partial charge is 0.294 e. The second-order valence-electron chi connectivity index (χ2n) is 6.78. The number of hydrogen-bond donors (Lipinski definition) is 0. The molecule has 0 bridgehead atoms. The van der Waals surface area contributed by atoms with Crippen molar-refractivity contribution < 1.29 is 0 Å². The predicted molar refractivity (Wildman–Crippen MR) is 106 cm³/mol. The summed E-state index contributed by atoms with van der Waals surface area (Å²) in [6.45, 7) is 8.22. The van der Waals surface area contributed by atoms with Crippen molar-refractivity contribution in [3.05, 3.63) is 83.4 Å². The number of aromatic nitrogens is 3. The molecular weight excluding hydrogens is 320 g/mol. The van der Waals surface area contributed by atoms with Crippen molar-refractivity contribution in [2.24, 2.45) is 0 Å². The quantitative estimate of drug-likeness (QED) is 0.580. The van der Waals surface area contributed by atoms with Crippen LogP contribution in [0.25, 0.3) is 0 Å². The van der Waals surface area contributed by atoms with Gasteiger partial charge in [0.2, 0.25) is 0 Å². The maximum Gasteiger partial charge on any atom is 0.0537 e. The average Bonchev–Trinajstić information content (AvgIpc) is 3.02. The highest BCUT2D eigenvalue weighted by atomic mass is 15.3. The van der Waals surface area contributed by atoms with E-state index in [-0.39, 0.29) is 0 Å². The first-order valence-electron chi connectivity index (χ1n) is 9.42. The van der Waals surface area contributed by atoms with Crippen LogP contribution in [0, 0.1) is 6.92 Å². The second kappa shape index (κ2) is 9.30. The molecule has 0 fully saturated rings. The number of pyridine rings is 1. The van der Waals surface area contributed by atoms with Crippen molar-refractivity contribution in [3.63, 3.8) is 0 Å². The van der Waals surface area contributed by atoms with Gasteiger partial charge in [0.1, 0.15) is 0 Å². The summed E-state index contributed by atoms with van der Waals surface area (Å²) in [4.78, 5) is 6.64.